The van der Waals surface area contributed by atoms with Crippen molar-refractivity contribution in [3.05, 3.63) is 83.6 Å². The van der Waals surface area contributed by atoms with Crippen LogP contribution in [0.5, 0.6) is 0 Å². The average molecular weight is 352 g/mol. The van der Waals surface area contributed by atoms with Crippen LogP contribution in [0.25, 0.3) is 0 Å². The van der Waals surface area contributed by atoms with Crippen LogP contribution in [-0.2, 0) is 25.7 Å². The summed E-state index contributed by atoms with van der Waals surface area (Å²) in [6.07, 6.45) is 1.61. The van der Waals surface area contributed by atoms with Gasteiger partial charge in [-0.05, 0) is 17.2 Å². The Labute approximate surface area is 151 Å². The molecule has 2 unspecified atom stereocenters. The topological polar surface area (TPSA) is 72.8 Å². The van der Waals surface area contributed by atoms with Gasteiger partial charge in [-0.1, -0.05) is 60.7 Å². The molecule has 0 spiro atoms. The summed E-state index contributed by atoms with van der Waals surface area (Å²) in [5.74, 6) is -3.85. The van der Waals surface area contributed by atoms with Crippen LogP contribution in [0.3, 0.4) is 0 Å². The summed E-state index contributed by atoms with van der Waals surface area (Å²) in [6.45, 7) is 1.34. The Morgan fingerprint density at radius 2 is 1.73 bits per heavy atom. The number of carbonyl (C=O) groups excluding carboxylic acids is 2. The second kappa shape index (κ2) is 7.54. The highest BCUT2D eigenvalue weighted by molar-refractivity contribution is 5.92. The van der Waals surface area contributed by atoms with Crippen molar-refractivity contribution >= 4 is 11.8 Å². The predicted octanol–water partition coefficient (Wildman–Crippen LogP) is 3.10. The van der Waals surface area contributed by atoms with Gasteiger partial charge in [0.2, 0.25) is 0 Å². The van der Waals surface area contributed by atoms with E-state index in [1.54, 1.807) is 6.08 Å². The van der Waals surface area contributed by atoms with E-state index in [9.17, 15) is 14.7 Å². The molecule has 2 atom stereocenters. The molecule has 1 heterocycles. The lowest BCUT2D eigenvalue weighted by Crippen LogP contribution is -2.46. The van der Waals surface area contributed by atoms with Crippen molar-refractivity contribution in [2.45, 2.75) is 31.7 Å². The molecule has 1 aliphatic rings. The van der Waals surface area contributed by atoms with Crippen LogP contribution in [-0.4, -0.2) is 22.6 Å². The number of hydrogen-bond donors (Lipinski definition) is 1. The molecule has 26 heavy (non-hydrogen) atoms. The number of Topliss-reactive ketones (excluding diaryl/α,β-unsaturated/α-hetero) is 1. The number of rotatable bonds is 5. The van der Waals surface area contributed by atoms with Gasteiger partial charge in [0.1, 0.15) is 6.61 Å². The zero-order valence-corrected chi connectivity index (χ0v) is 14.4. The van der Waals surface area contributed by atoms with Crippen LogP contribution in [0.4, 0.5) is 0 Å². The lowest BCUT2D eigenvalue weighted by Gasteiger charge is -2.34. The molecular formula is C21H20O5. The van der Waals surface area contributed by atoms with E-state index in [1.807, 2.05) is 60.7 Å². The molecule has 0 fully saturated rings. The fourth-order valence-corrected chi connectivity index (χ4v) is 2.86. The first-order valence-corrected chi connectivity index (χ1v) is 8.38. The van der Waals surface area contributed by atoms with E-state index >= 15 is 0 Å². The van der Waals surface area contributed by atoms with Gasteiger partial charge in [0.05, 0.1) is 0 Å². The fraction of sp³-hybridized carbons (Fsp3) is 0.238. The van der Waals surface area contributed by atoms with E-state index in [4.69, 9.17) is 9.47 Å². The lowest BCUT2D eigenvalue weighted by molar-refractivity contribution is -0.223. The maximum absolute atomic E-state index is 12.5. The number of benzene rings is 2. The van der Waals surface area contributed by atoms with Gasteiger partial charge in [0.15, 0.2) is 11.5 Å². The van der Waals surface area contributed by atoms with E-state index in [-0.39, 0.29) is 30.5 Å². The highest BCUT2D eigenvalue weighted by atomic mass is 16.7. The number of esters is 1. The van der Waals surface area contributed by atoms with E-state index in [2.05, 4.69) is 0 Å². The molecule has 0 aromatic heterocycles. The minimum atomic E-state index is -2.20. The Morgan fingerprint density at radius 3 is 2.35 bits per heavy atom. The number of ether oxygens (including phenoxy) is 2. The highest BCUT2D eigenvalue weighted by Gasteiger charge is 2.46. The van der Waals surface area contributed by atoms with Gasteiger partial charge in [-0.15, -0.1) is 0 Å². The van der Waals surface area contributed by atoms with Gasteiger partial charge >= 0.3 is 11.8 Å². The van der Waals surface area contributed by atoms with Crippen molar-refractivity contribution in [3.8, 4) is 0 Å². The third-order valence-corrected chi connectivity index (χ3v) is 4.23. The fourth-order valence-electron chi connectivity index (χ4n) is 2.86. The normalized spacial score (nSPS) is 22.1. The van der Waals surface area contributed by atoms with Crippen molar-refractivity contribution in [3.63, 3.8) is 0 Å². The van der Waals surface area contributed by atoms with Gasteiger partial charge in [0, 0.05) is 19.3 Å². The molecule has 1 aliphatic heterocycles. The Balaban J connectivity index is 1.80. The lowest BCUT2D eigenvalue weighted by atomic mass is 9.88. The first kappa shape index (κ1) is 17.9. The van der Waals surface area contributed by atoms with Gasteiger partial charge < -0.3 is 14.6 Å². The van der Waals surface area contributed by atoms with E-state index in [0.29, 0.717) is 0 Å². The number of allylic oxidation sites excluding steroid dienone is 2. The molecule has 0 aliphatic carbocycles. The van der Waals surface area contributed by atoms with Crippen LogP contribution in [0.1, 0.15) is 30.4 Å². The summed E-state index contributed by atoms with van der Waals surface area (Å²) in [5.41, 5.74) is 1.67. The van der Waals surface area contributed by atoms with Gasteiger partial charge in [-0.25, -0.2) is 4.79 Å². The Bertz CT molecular complexity index is 813. The minimum Gasteiger partial charge on any atom is -0.456 e. The van der Waals surface area contributed by atoms with Crippen molar-refractivity contribution in [2.24, 2.45) is 0 Å². The van der Waals surface area contributed by atoms with Gasteiger partial charge in [-0.3, -0.25) is 4.79 Å². The number of aliphatic hydroxyl groups is 1. The second-order valence-corrected chi connectivity index (χ2v) is 6.26. The smallest absolute Gasteiger partial charge is 0.379 e. The van der Waals surface area contributed by atoms with Crippen LogP contribution in [0, 0.1) is 0 Å². The Hall–Kier alpha value is -2.92. The van der Waals surface area contributed by atoms with Crippen molar-refractivity contribution in [1.29, 1.82) is 0 Å². The molecule has 2 aromatic carbocycles. The highest BCUT2D eigenvalue weighted by Crippen LogP contribution is 2.36. The molecule has 0 saturated carbocycles. The largest absolute Gasteiger partial charge is 0.456 e. The molecule has 134 valence electrons. The molecule has 3 rings (SSSR count). The van der Waals surface area contributed by atoms with Crippen LogP contribution in [0.15, 0.2) is 72.5 Å². The monoisotopic (exact) mass is 352 g/mol. The SMILES string of the molecule is CC(=O)C1=CC(c2ccccc2)CC(O)(C(=O)OCc2ccccc2)O1. The van der Waals surface area contributed by atoms with E-state index < -0.39 is 11.8 Å². The van der Waals surface area contributed by atoms with Crippen molar-refractivity contribution in [2.75, 3.05) is 0 Å². The quantitative estimate of drug-likeness (QED) is 0.837. The molecule has 0 bridgehead atoms. The first-order chi connectivity index (χ1) is 12.5. The molecule has 0 amide bonds. The second-order valence-electron chi connectivity index (χ2n) is 6.26. The summed E-state index contributed by atoms with van der Waals surface area (Å²) in [4.78, 5) is 24.3. The van der Waals surface area contributed by atoms with Crippen molar-refractivity contribution in [1.82, 2.24) is 0 Å². The Kier molecular flexibility index (Phi) is 5.19. The predicted molar refractivity (Wildman–Crippen MR) is 94.8 cm³/mol. The molecule has 5 heteroatoms. The Morgan fingerprint density at radius 1 is 1.12 bits per heavy atom. The summed E-state index contributed by atoms with van der Waals surface area (Å²) >= 11 is 0. The maximum Gasteiger partial charge on any atom is 0.379 e. The van der Waals surface area contributed by atoms with Crippen molar-refractivity contribution < 1.29 is 24.2 Å². The van der Waals surface area contributed by atoms with E-state index in [1.165, 1.54) is 6.92 Å². The molecular weight excluding hydrogens is 332 g/mol. The first-order valence-electron chi connectivity index (χ1n) is 8.38. The molecule has 0 radical (unpaired) electrons. The van der Waals surface area contributed by atoms with Gasteiger partial charge in [0.25, 0.3) is 0 Å². The molecule has 1 N–H and O–H groups in total. The molecule has 5 nitrogen and oxygen atoms in total. The molecule has 0 saturated heterocycles. The minimum absolute atomic E-state index is 0.0144. The number of hydrogen-bond acceptors (Lipinski definition) is 5. The summed E-state index contributed by atoms with van der Waals surface area (Å²) in [5, 5.41) is 10.8. The number of ketones is 1. The zero-order valence-electron chi connectivity index (χ0n) is 14.4. The van der Waals surface area contributed by atoms with Crippen LogP contribution in [0.2, 0.25) is 0 Å². The zero-order chi connectivity index (χ0) is 18.6. The molecule has 2 aromatic rings. The third kappa shape index (κ3) is 4.00. The standard InChI is InChI=1S/C21H20O5/c1-15(22)19-12-18(17-10-6-3-7-11-17)13-21(24,26-19)20(23)25-14-16-8-4-2-5-9-16/h2-12,18,24H,13-14H2,1H3. The third-order valence-electron chi connectivity index (χ3n) is 4.23. The van der Waals surface area contributed by atoms with Gasteiger partial charge in [-0.2, -0.15) is 0 Å². The maximum atomic E-state index is 12.5. The summed E-state index contributed by atoms with van der Waals surface area (Å²) in [6, 6.07) is 18.5. The summed E-state index contributed by atoms with van der Waals surface area (Å²) < 4.78 is 10.6. The van der Waals surface area contributed by atoms with E-state index in [0.717, 1.165) is 11.1 Å². The average Bonchev–Trinajstić information content (AvgIpc) is 2.67. The van der Waals surface area contributed by atoms with Crippen LogP contribution >= 0.6 is 0 Å². The van der Waals surface area contributed by atoms with Crippen LogP contribution < -0.4 is 0 Å². The summed E-state index contributed by atoms with van der Waals surface area (Å²) in [7, 11) is 0. The number of carbonyl (C=O) groups is 2.